The molecule has 2 rings (SSSR count). The molecule has 0 aliphatic carbocycles. The highest BCUT2D eigenvalue weighted by atomic mass is 32.2. The van der Waals surface area contributed by atoms with Crippen LogP contribution in [0.5, 0.6) is 0 Å². The van der Waals surface area contributed by atoms with Gasteiger partial charge in [-0.3, -0.25) is 34.7 Å². The van der Waals surface area contributed by atoms with E-state index in [0.29, 0.717) is 5.56 Å². The van der Waals surface area contributed by atoms with Crippen molar-refractivity contribution in [2.24, 2.45) is 0 Å². The van der Waals surface area contributed by atoms with Gasteiger partial charge in [0.2, 0.25) is 11.6 Å². The number of rotatable bonds is 4. The maximum Gasteiger partial charge on any atom is 0.300 e. The average Bonchev–Trinajstić information content (AvgIpc) is 2.77. The van der Waals surface area contributed by atoms with Crippen LogP contribution in [0.25, 0.3) is 0 Å². The predicted octanol–water partition coefficient (Wildman–Crippen LogP) is 2.20. The normalized spacial score (nSPS) is 17.4. The molecule has 10 heteroatoms. The third kappa shape index (κ3) is 3.47. The number of nitrogens with zero attached hydrogens (tertiary/aromatic N) is 3. The second-order valence-corrected chi connectivity index (χ2v) is 6.58. The average molecular weight is 339 g/mol. The molecule has 1 heterocycles. The van der Waals surface area contributed by atoms with Crippen molar-refractivity contribution in [1.29, 1.82) is 0 Å². The Labute approximate surface area is 134 Å². The Morgan fingerprint density at radius 1 is 1.26 bits per heavy atom. The molecule has 1 aromatic carbocycles. The van der Waals surface area contributed by atoms with E-state index in [1.807, 2.05) is 0 Å². The molecular formula is C13H13N3O6S. The van der Waals surface area contributed by atoms with E-state index in [4.69, 9.17) is 0 Å². The lowest BCUT2D eigenvalue weighted by atomic mass is 10.1. The minimum absolute atomic E-state index is 0.00638. The van der Waals surface area contributed by atoms with Gasteiger partial charge >= 0.3 is 0 Å². The van der Waals surface area contributed by atoms with Crippen LogP contribution in [-0.2, 0) is 9.59 Å². The van der Waals surface area contributed by atoms with Crippen molar-refractivity contribution in [2.45, 2.75) is 25.5 Å². The maximum atomic E-state index is 12.2. The summed E-state index contributed by atoms with van der Waals surface area (Å²) < 4.78 is 0. The molecule has 1 fully saturated rings. The summed E-state index contributed by atoms with van der Waals surface area (Å²) in [5.41, 5.74) is -0.937. The molecule has 122 valence electrons. The smallest absolute Gasteiger partial charge is 0.300 e. The second kappa shape index (κ2) is 6.32. The highest BCUT2D eigenvalue weighted by molar-refractivity contribution is 8.14. The zero-order valence-corrected chi connectivity index (χ0v) is 13.2. The molecule has 1 aliphatic rings. The lowest BCUT2D eigenvalue weighted by Crippen LogP contribution is -2.26. The third-order valence-electron chi connectivity index (χ3n) is 3.30. The van der Waals surface area contributed by atoms with Crippen molar-refractivity contribution in [3.63, 3.8) is 0 Å². The molecule has 0 spiro atoms. The van der Waals surface area contributed by atoms with Gasteiger partial charge in [-0.25, -0.2) is 0 Å². The summed E-state index contributed by atoms with van der Waals surface area (Å²) in [6.45, 7) is 2.88. The quantitative estimate of drug-likeness (QED) is 0.608. The molecular weight excluding hydrogens is 326 g/mol. The Hall–Kier alpha value is -2.49. The van der Waals surface area contributed by atoms with Crippen LogP contribution in [0.1, 0.15) is 18.9 Å². The molecule has 0 bridgehead atoms. The van der Waals surface area contributed by atoms with Crippen molar-refractivity contribution < 1.29 is 19.4 Å². The second-order valence-electron chi connectivity index (χ2n) is 5.11. The van der Waals surface area contributed by atoms with E-state index in [9.17, 15) is 29.8 Å². The van der Waals surface area contributed by atoms with Gasteiger partial charge in [-0.15, -0.1) is 0 Å². The van der Waals surface area contributed by atoms with Gasteiger partial charge in [-0.2, -0.15) is 0 Å². The van der Waals surface area contributed by atoms with E-state index in [-0.39, 0.29) is 29.0 Å². The van der Waals surface area contributed by atoms with Crippen LogP contribution in [0.3, 0.4) is 0 Å². The first kappa shape index (κ1) is 16.9. The van der Waals surface area contributed by atoms with Crippen LogP contribution in [-0.4, -0.2) is 32.7 Å². The minimum Gasteiger partial charge on any atom is -0.300 e. The van der Waals surface area contributed by atoms with Crippen LogP contribution < -0.4 is 4.90 Å². The zero-order valence-electron chi connectivity index (χ0n) is 12.3. The van der Waals surface area contributed by atoms with Gasteiger partial charge in [0, 0.05) is 37.3 Å². The standard InChI is InChI=1S/C13H13N3O6S/c1-7-3-10(15(19)20)13(11(4-7)16(21)22)14-6-9(5-12(14)18)23-8(2)17/h3-4,9H,5-6H2,1-2H3. The van der Waals surface area contributed by atoms with E-state index in [2.05, 4.69) is 0 Å². The molecule has 0 N–H and O–H groups in total. The minimum atomic E-state index is -0.742. The van der Waals surface area contributed by atoms with Gasteiger partial charge in [0.25, 0.3) is 11.4 Å². The number of carbonyl (C=O) groups is 2. The van der Waals surface area contributed by atoms with E-state index in [0.717, 1.165) is 16.7 Å². The highest BCUT2D eigenvalue weighted by Crippen LogP contribution is 2.41. The van der Waals surface area contributed by atoms with E-state index >= 15 is 0 Å². The number of carbonyl (C=O) groups excluding carboxylic acids is 2. The topological polar surface area (TPSA) is 124 Å². The Kier molecular flexibility index (Phi) is 4.64. The molecule has 23 heavy (non-hydrogen) atoms. The number of benzene rings is 1. The number of nitro groups is 2. The summed E-state index contributed by atoms with van der Waals surface area (Å²) in [5.74, 6) is -0.473. The number of anilines is 1. The number of aryl methyl sites for hydroxylation is 1. The Morgan fingerprint density at radius 3 is 2.22 bits per heavy atom. The van der Waals surface area contributed by atoms with E-state index < -0.39 is 27.1 Å². The summed E-state index contributed by atoms with van der Waals surface area (Å²) >= 11 is 0.955. The lowest BCUT2D eigenvalue weighted by Gasteiger charge is -2.16. The van der Waals surface area contributed by atoms with Gasteiger partial charge in [0.05, 0.1) is 9.85 Å². The van der Waals surface area contributed by atoms with Crippen molar-refractivity contribution in [3.05, 3.63) is 37.9 Å². The fraction of sp³-hybridized carbons (Fsp3) is 0.385. The molecule has 0 aromatic heterocycles. The van der Waals surface area contributed by atoms with Crippen LogP contribution >= 0.6 is 11.8 Å². The summed E-state index contributed by atoms with van der Waals surface area (Å²) in [4.78, 5) is 45.4. The van der Waals surface area contributed by atoms with Crippen LogP contribution in [0.15, 0.2) is 12.1 Å². The summed E-state index contributed by atoms with van der Waals surface area (Å²) in [6.07, 6.45) is 0.00638. The number of nitro benzene ring substituents is 2. The maximum absolute atomic E-state index is 12.2. The fourth-order valence-electron chi connectivity index (χ4n) is 2.50. The van der Waals surface area contributed by atoms with Crippen molar-refractivity contribution in [2.75, 3.05) is 11.4 Å². The van der Waals surface area contributed by atoms with Crippen molar-refractivity contribution in [3.8, 4) is 0 Å². The van der Waals surface area contributed by atoms with Gasteiger partial charge < -0.3 is 0 Å². The van der Waals surface area contributed by atoms with E-state index in [1.54, 1.807) is 0 Å². The monoisotopic (exact) mass is 339 g/mol. The summed E-state index contributed by atoms with van der Waals surface area (Å²) in [5, 5.41) is 22.0. The number of thioether (sulfide) groups is 1. The predicted molar refractivity (Wildman–Crippen MR) is 83.5 cm³/mol. The van der Waals surface area contributed by atoms with Crippen molar-refractivity contribution >= 4 is 39.8 Å². The van der Waals surface area contributed by atoms with E-state index in [1.165, 1.54) is 26.0 Å². The SMILES string of the molecule is CC(=O)SC1CC(=O)N(c2c([N+](=O)[O-])cc(C)cc2[N+](=O)[O-])C1. The number of amides is 1. The molecule has 1 unspecified atom stereocenters. The Bertz CT molecular complexity index is 685. The first-order valence-corrected chi connectivity index (χ1v) is 7.49. The molecule has 1 aliphatic heterocycles. The molecule has 1 amide bonds. The molecule has 1 saturated heterocycles. The first-order valence-electron chi connectivity index (χ1n) is 6.61. The van der Waals surface area contributed by atoms with Gasteiger partial charge in [-0.1, -0.05) is 11.8 Å². The van der Waals surface area contributed by atoms with Crippen molar-refractivity contribution in [1.82, 2.24) is 0 Å². The molecule has 0 saturated carbocycles. The van der Waals surface area contributed by atoms with Gasteiger partial charge in [-0.05, 0) is 12.5 Å². The largest absolute Gasteiger partial charge is 0.300 e. The number of hydrogen-bond donors (Lipinski definition) is 0. The Balaban J connectivity index is 2.53. The van der Waals surface area contributed by atoms with Gasteiger partial charge in [0.1, 0.15) is 0 Å². The summed E-state index contributed by atoms with van der Waals surface area (Å²) in [7, 11) is 0. The van der Waals surface area contributed by atoms with Crippen LogP contribution in [0, 0.1) is 27.2 Å². The molecule has 1 atom stereocenters. The third-order valence-corrected chi connectivity index (χ3v) is 4.28. The van der Waals surface area contributed by atoms with Crippen LogP contribution in [0.4, 0.5) is 17.1 Å². The number of hydrogen-bond acceptors (Lipinski definition) is 7. The Morgan fingerprint density at radius 2 is 1.78 bits per heavy atom. The zero-order chi connectivity index (χ0) is 17.3. The fourth-order valence-corrected chi connectivity index (χ4v) is 3.42. The summed E-state index contributed by atoms with van der Waals surface area (Å²) in [6, 6.07) is 2.39. The molecule has 0 radical (unpaired) electrons. The highest BCUT2D eigenvalue weighted by Gasteiger charge is 2.40. The lowest BCUT2D eigenvalue weighted by molar-refractivity contribution is -0.392. The molecule has 9 nitrogen and oxygen atoms in total. The first-order chi connectivity index (χ1) is 10.7. The van der Waals surface area contributed by atoms with Gasteiger partial charge in [0.15, 0.2) is 5.12 Å². The van der Waals surface area contributed by atoms with Crippen LogP contribution in [0.2, 0.25) is 0 Å². The molecule has 1 aromatic rings.